The average Bonchev–Trinajstić information content (AvgIpc) is 2.72. The maximum absolute atomic E-state index is 11.8. The van der Waals surface area contributed by atoms with Crippen molar-refractivity contribution in [3.05, 3.63) is 20.5 Å². The molecule has 0 aliphatic heterocycles. The molecule has 1 N–H and O–H groups in total. The van der Waals surface area contributed by atoms with E-state index >= 15 is 0 Å². The number of sulfonamides is 1. The number of hydrogen-bond acceptors (Lipinski definition) is 6. The number of nitro groups is 1. The summed E-state index contributed by atoms with van der Waals surface area (Å²) in [5.74, 6) is 0. The van der Waals surface area contributed by atoms with E-state index < -0.39 is 20.6 Å². The summed E-state index contributed by atoms with van der Waals surface area (Å²) < 4.78 is 30.6. The normalized spacial score (nSPS) is 11.7. The molecular formula is C9H13ClN2O5S2. The molecule has 1 heterocycles. The smallest absolute Gasteiger partial charge is 0.300 e. The van der Waals surface area contributed by atoms with Crippen LogP contribution < -0.4 is 4.72 Å². The Morgan fingerprint density at radius 1 is 1.53 bits per heavy atom. The van der Waals surface area contributed by atoms with Crippen molar-refractivity contribution < 1.29 is 18.1 Å². The minimum atomic E-state index is -3.74. The minimum absolute atomic E-state index is 0.148. The van der Waals surface area contributed by atoms with Gasteiger partial charge in [-0.2, -0.15) is 0 Å². The molecular weight excluding hydrogens is 316 g/mol. The van der Waals surface area contributed by atoms with Gasteiger partial charge in [-0.25, -0.2) is 13.1 Å². The lowest BCUT2D eigenvalue weighted by Gasteiger charge is -2.03. The van der Waals surface area contributed by atoms with Crippen LogP contribution in [-0.2, 0) is 14.8 Å². The van der Waals surface area contributed by atoms with Gasteiger partial charge < -0.3 is 4.74 Å². The van der Waals surface area contributed by atoms with Crippen molar-refractivity contribution in [3.8, 4) is 0 Å². The zero-order chi connectivity index (χ0) is 14.5. The van der Waals surface area contributed by atoms with Crippen LogP contribution in [0.3, 0.4) is 0 Å². The number of unbranched alkanes of at least 4 members (excludes halogenated alkanes) is 1. The molecule has 0 amide bonds. The molecule has 0 aromatic carbocycles. The Kier molecular flexibility index (Phi) is 6.14. The average molecular weight is 329 g/mol. The van der Waals surface area contributed by atoms with Crippen LogP contribution in [0.2, 0.25) is 4.34 Å². The topological polar surface area (TPSA) is 98.5 Å². The molecule has 0 aliphatic rings. The summed E-state index contributed by atoms with van der Waals surface area (Å²) in [6, 6.07) is 0.963. The van der Waals surface area contributed by atoms with Gasteiger partial charge in [-0.3, -0.25) is 10.1 Å². The number of nitrogens with zero attached hydrogens (tertiary/aromatic N) is 1. The van der Waals surface area contributed by atoms with Crippen LogP contribution in [0.4, 0.5) is 5.69 Å². The van der Waals surface area contributed by atoms with E-state index in [0.717, 1.165) is 12.5 Å². The predicted molar refractivity (Wildman–Crippen MR) is 72.3 cm³/mol. The van der Waals surface area contributed by atoms with Crippen molar-refractivity contribution in [2.24, 2.45) is 0 Å². The highest BCUT2D eigenvalue weighted by molar-refractivity contribution is 7.91. The van der Waals surface area contributed by atoms with Gasteiger partial charge in [-0.05, 0) is 12.8 Å². The Balaban J connectivity index is 2.67. The number of hydrogen-bond donors (Lipinski definition) is 1. The van der Waals surface area contributed by atoms with Crippen molar-refractivity contribution in [2.45, 2.75) is 17.1 Å². The second-order valence-electron chi connectivity index (χ2n) is 3.58. The van der Waals surface area contributed by atoms with Crippen molar-refractivity contribution in [2.75, 3.05) is 20.3 Å². The van der Waals surface area contributed by atoms with Gasteiger partial charge in [0.2, 0.25) is 10.0 Å². The molecule has 19 heavy (non-hydrogen) atoms. The number of ether oxygens (including phenoxy) is 1. The van der Waals surface area contributed by atoms with E-state index in [2.05, 4.69) is 4.72 Å². The predicted octanol–water partition coefficient (Wildman–Crippen LogP) is 2.01. The maximum atomic E-state index is 11.8. The largest absolute Gasteiger partial charge is 0.385 e. The van der Waals surface area contributed by atoms with Crippen molar-refractivity contribution in [1.29, 1.82) is 0 Å². The van der Waals surface area contributed by atoms with Crippen molar-refractivity contribution in [3.63, 3.8) is 0 Å². The number of nitrogens with one attached hydrogen (secondary N) is 1. The SMILES string of the molecule is COCCCCNS(=O)(=O)c1cc([N+](=O)[O-])c(Cl)s1. The number of halogens is 1. The van der Waals surface area contributed by atoms with Crippen LogP contribution >= 0.6 is 22.9 Å². The van der Waals surface area contributed by atoms with Gasteiger partial charge in [-0.15, -0.1) is 11.3 Å². The number of rotatable bonds is 8. The monoisotopic (exact) mass is 328 g/mol. The first-order chi connectivity index (χ1) is 8.88. The van der Waals surface area contributed by atoms with E-state index in [1.54, 1.807) is 7.11 Å². The lowest BCUT2D eigenvalue weighted by Crippen LogP contribution is -2.24. The molecule has 108 valence electrons. The highest BCUT2D eigenvalue weighted by atomic mass is 35.5. The van der Waals surface area contributed by atoms with E-state index in [0.29, 0.717) is 24.4 Å². The summed E-state index contributed by atoms with van der Waals surface area (Å²) in [4.78, 5) is 9.88. The molecule has 0 unspecified atom stereocenters. The zero-order valence-corrected chi connectivity index (χ0v) is 12.5. The summed E-state index contributed by atoms with van der Waals surface area (Å²) in [6.07, 6.45) is 1.35. The number of thiophene rings is 1. The van der Waals surface area contributed by atoms with Crippen LogP contribution in [-0.4, -0.2) is 33.6 Å². The Labute approximate surface area is 119 Å². The van der Waals surface area contributed by atoms with Gasteiger partial charge in [-0.1, -0.05) is 11.6 Å². The van der Waals surface area contributed by atoms with Crippen molar-refractivity contribution >= 4 is 38.6 Å². The molecule has 0 atom stereocenters. The minimum Gasteiger partial charge on any atom is -0.385 e. The molecule has 1 aromatic heterocycles. The Bertz CT molecular complexity index is 543. The lowest BCUT2D eigenvalue weighted by molar-refractivity contribution is -0.384. The fourth-order valence-electron chi connectivity index (χ4n) is 1.24. The van der Waals surface area contributed by atoms with E-state index in [1.807, 2.05) is 0 Å². The summed E-state index contributed by atoms with van der Waals surface area (Å²) in [5, 5.41) is 10.6. The first-order valence-electron chi connectivity index (χ1n) is 5.31. The summed E-state index contributed by atoms with van der Waals surface area (Å²) >= 11 is 6.28. The first-order valence-corrected chi connectivity index (χ1v) is 7.98. The van der Waals surface area contributed by atoms with Gasteiger partial charge in [0, 0.05) is 26.3 Å². The molecule has 0 saturated carbocycles. The Morgan fingerprint density at radius 2 is 2.21 bits per heavy atom. The summed E-state index contributed by atoms with van der Waals surface area (Å²) in [6.45, 7) is 0.799. The van der Waals surface area contributed by atoms with Crippen LogP contribution in [0.15, 0.2) is 10.3 Å². The second-order valence-corrected chi connectivity index (χ2v) is 7.23. The summed E-state index contributed by atoms with van der Waals surface area (Å²) in [7, 11) is -2.18. The quantitative estimate of drug-likeness (QED) is 0.447. The van der Waals surface area contributed by atoms with Crippen LogP contribution in [0, 0.1) is 10.1 Å². The third-order valence-electron chi connectivity index (χ3n) is 2.18. The van der Waals surface area contributed by atoms with Gasteiger partial charge in [0.05, 0.1) is 4.92 Å². The molecule has 0 radical (unpaired) electrons. The van der Waals surface area contributed by atoms with Gasteiger partial charge in [0.25, 0.3) is 5.69 Å². The molecule has 0 aliphatic carbocycles. The fourth-order valence-corrected chi connectivity index (χ4v) is 4.03. The second kappa shape index (κ2) is 7.15. The van der Waals surface area contributed by atoms with Crippen LogP contribution in [0.25, 0.3) is 0 Å². The van der Waals surface area contributed by atoms with Crippen LogP contribution in [0.5, 0.6) is 0 Å². The molecule has 0 spiro atoms. The third-order valence-corrected chi connectivity index (χ3v) is 5.45. The molecule has 7 nitrogen and oxygen atoms in total. The zero-order valence-electron chi connectivity index (χ0n) is 10.1. The standard InChI is InChI=1S/C9H13ClN2O5S2/c1-17-5-3-2-4-11-19(15,16)8-6-7(12(13)14)9(10)18-8/h6,11H,2-5H2,1H3. The Morgan fingerprint density at radius 3 is 2.74 bits per heavy atom. The molecule has 1 aromatic rings. The van der Waals surface area contributed by atoms with Gasteiger partial charge in [0.1, 0.15) is 4.21 Å². The highest BCUT2D eigenvalue weighted by Gasteiger charge is 2.24. The van der Waals surface area contributed by atoms with Crippen LogP contribution in [0.1, 0.15) is 12.8 Å². The summed E-state index contributed by atoms with van der Waals surface area (Å²) in [5.41, 5.74) is -0.397. The van der Waals surface area contributed by atoms with Gasteiger partial charge >= 0.3 is 0 Å². The Hall–Kier alpha value is -0.740. The van der Waals surface area contributed by atoms with Gasteiger partial charge in [0.15, 0.2) is 4.34 Å². The van der Waals surface area contributed by atoms with Crippen molar-refractivity contribution in [1.82, 2.24) is 4.72 Å². The lowest BCUT2D eigenvalue weighted by atomic mass is 10.3. The highest BCUT2D eigenvalue weighted by Crippen LogP contribution is 2.35. The molecule has 1 rings (SSSR count). The number of methoxy groups -OCH3 is 1. The molecule has 0 saturated heterocycles. The first kappa shape index (κ1) is 16.3. The van der Waals surface area contributed by atoms with E-state index in [4.69, 9.17) is 16.3 Å². The third kappa shape index (κ3) is 4.69. The molecule has 0 fully saturated rings. The fraction of sp³-hybridized carbons (Fsp3) is 0.556. The molecule has 0 bridgehead atoms. The van der Waals surface area contributed by atoms with E-state index in [1.165, 1.54) is 0 Å². The van der Waals surface area contributed by atoms with E-state index in [-0.39, 0.29) is 15.1 Å². The van der Waals surface area contributed by atoms with E-state index in [9.17, 15) is 18.5 Å². The maximum Gasteiger partial charge on any atom is 0.300 e. The molecule has 10 heteroatoms.